The Kier molecular flexibility index (Phi) is 6.76. The van der Waals surface area contributed by atoms with Crippen LogP contribution in [-0.2, 0) is 22.2 Å². The predicted molar refractivity (Wildman–Crippen MR) is 145 cm³/mol. The van der Waals surface area contributed by atoms with Crippen LogP contribution in [0.3, 0.4) is 0 Å². The van der Waals surface area contributed by atoms with Gasteiger partial charge < -0.3 is 24.4 Å². The highest BCUT2D eigenvalue weighted by Gasteiger charge is 2.48. The van der Waals surface area contributed by atoms with Crippen LogP contribution >= 0.6 is 0 Å². The zero-order chi connectivity index (χ0) is 28.1. The van der Waals surface area contributed by atoms with Crippen molar-refractivity contribution in [2.24, 2.45) is 18.0 Å². The molecule has 4 heterocycles. The van der Waals surface area contributed by atoms with E-state index in [4.69, 9.17) is 4.52 Å². The second-order valence-corrected chi connectivity index (χ2v) is 10.9. The molecular formula is C29H33N5O5. The van der Waals surface area contributed by atoms with Crippen LogP contribution in [0.2, 0.25) is 0 Å². The minimum atomic E-state index is -1.14. The molecule has 2 aliphatic rings. The first-order valence-electron chi connectivity index (χ1n) is 13.1. The zero-order valence-electron chi connectivity index (χ0n) is 22.7. The number of nitrogens with zero attached hydrogens (tertiary/aromatic N) is 4. The lowest BCUT2D eigenvalue weighted by Gasteiger charge is -2.31. The maximum Gasteiger partial charge on any atom is 0.277 e. The number of β-amino-alcohol motifs (C(OH)–C–C–N with tert-alkyl or cyclic N) is 1. The van der Waals surface area contributed by atoms with Gasteiger partial charge in [0.1, 0.15) is 23.1 Å². The SMILES string of the molecule is Cc1cc([C@@H](C(=O)N2C[C@H](O)C[C@H]2C2=NC(=O)[C@@](C)(c3ccc(-c4cccc(=O)n4C)cc3)N2)C(C)C)on1. The average molecular weight is 532 g/mol. The number of likely N-dealkylation sites (tertiary alicyclic amines) is 1. The van der Waals surface area contributed by atoms with E-state index in [1.54, 1.807) is 42.5 Å². The normalized spacial score (nSPS) is 23.7. The zero-order valence-corrected chi connectivity index (χ0v) is 22.7. The van der Waals surface area contributed by atoms with Crippen molar-refractivity contribution in [1.29, 1.82) is 0 Å². The summed E-state index contributed by atoms with van der Waals surface area (Å²) in [6.45, 7) is 7.56. The van der Waals surface area contributed by atoms with Crippen LogP contribution in [0.1, 0.15) is 50.1 Å². The average Bonchev–Trinajstić information content (AvgIpc) is 3.58. The van der Waals surface area contributed by atoms with E-state index in [0.29, 0.717) is 22.9 Å². The summed E-state index contributed by atoms with van der Waals surface area (Å²) < 4.78 is 7.01. The van der Waals surface area contributed by atoms with Crippen LogP contribution in [0.5, 0.6) is 0 Å². The summed E-state index contributed by atoms with van der Waals surface area (Å²) in [7, 11) is 1.71. The minimum Gasteiger partial charge on any atom is -0.391 e. The summed E-state index contributed by atoms with van der Waals surface area (Å²) in [6, 6.07) is 13.7. The lowest BCUT2D eigenvalue weighted by atomic mass is 9.90. The molecule has 10 nitrogen and oxygen atoms in total. The molecule has 0 bridgehead atoms. The fraction of sp³-hybridized carbons (Fsp3) is 0.414. The van der Waals surface area contributed by atoms with Crippen molar-refractivity contribution in [3.8, 4) is 11.3 Å². The van der Waals surface area contributed by atoms with Gasteiger partial charge in [0.2, 0.25) is 5.91 Å². The molecule has 0 saturated carbocycles. The molecule has 1 aromatic carbocycles. The molecule has 4 atom stereocenters. The van der Waals surface area contributed by atoms with Gasteiger partial charge in [0.25, 0.3) is 11.5 Å². The van der Waals surface area contributed by atoms with Crippen LogP contribution in [0, 0.1) is 12.8 Å². The van der Waals surface area contributed by atoms with Crippen LogP contribution in [0.25, 0.3) is 11.3 Å². The van der Waals surface area contributed by atoms with Crippen LogP contribution < -0.4 is 10.9 Å². The molecule has 10 heteroatoms. The first-order valence-corrected chi connectivity index (χ1v) is 13.1. The lowest BCUT2D eigenvalue weighted by molar-refractivity contribution is -0.134. The number of aromatic nitrogens is 2. The number of benzene rings is 1. The van der Waals surface area contributed by atoms with Crippen LogP contribution in [-0.4, -0.2) is 56.1 Å². The fourth-order valence-electron chi connectivity index (χ4n) is 5.50. The maximum atomic E-state index is 13.8. The molecule has 0 unspecified atom stereocenters. The molecule has 2 amide bonds. The number of aryl methyl sites for hydroxylation is 1. The predicted octanol–water partition coefficient (Wildman–Crippen LogP) is 2.49. The van der Waals surface area contributed by atoms with Gasteiger partial charge in [-0.2, -0.15) is 4.99 Å². The fourth-order valence-corrected chi connectivity index (χ4v) is 5.50. The van der Waals surface area contributed by atoms with E-state index in [1.165, 1.54) is 6.07 Å². The molecule has 0 radical (unpaired) electrons. The Balaban J connectivity index is 1.40. The highest BCUT2D eigenvalue weighted by Crippen LogP contribution is 2.34. The number of hydrogen-bond donors (Lipinski definition) is 2. The molecule has 2 aliphatic heterocycles. The van der Waals surface area contributed by atoms with Gasteiger partial charge in [-0.25, -0.2) is 0 Å². The van der Waals surface area contributed by atoms with Gasteiger partial charge in [-0.15, -0.1) is 0 Å². The highest BCUT2D eigenvalue weighted by molar-refractivity contribution is 6.09. The second-order valence-electron chi connectivity index (χ2n) is 10.9. The monoisotopic (exact) mass is 531 g/mol. The Labute approximate surface area is 226 Å². The van der Waals surface area contributed by atoms with Crippen molar-refractivity contribution in [2.75, 3.05) is 6.54 Å². The van der Waals surface area contributed by atoms with Crippen molar-refractivity contribution < 1.29 is 19.2 Å². The van der Waals surface area contributed by atoms with Crippen molar-refractivity contribution in [3.05, 3.63) is 75.9 Å². The number of hydrogen-bond acceptors (Lipinski definition) is 7. The van der Waals surface area contributed by atoms with E-state index in [1.807, 2.05) is 44.2 Å². The molecule has 2 aromatic heterocycles. The molecule has 2 N–H and O–H groups in total. The molecule has 5 rings (SSSR count). The van der Waals surface area contributed by atoms with Gasteiger partial charge >= 0.3 is 0 Å². The first-order chi connectivity index (χ1) is 18.5. The molecule has 0 spiro atoms. The van der Waals surface area contributed by atoms with Gasteiger partial charge in [-0.05, 0) is 37.0 Å². The van der Waals surface area contributed by atoms with Crippen molar-refractivity contribution in [3.63, 3.8) is 0 Å². The standard InChI is InChI=1S/C29H33N5O5/c1-16(2)25(23-13-17(3)32-39-23)27(37)34-15-20(35)14-22(34)26-30-28(38)29(4,31-26)19-11-9-18(10-12-19)21-7-6-8-24(36)33(21)5/h6-13,16,20,22,25,35H,14-15H2,1-5H3,(H,30,31,38)/t20-,22+,25+,29-/m1/s1. The van der Waals surface area contributed by atoms with E-state index in [0.717, 1.165) is 11.3 Å². The first kappa shape index (κ1) is 26.6. The number of pyridine rings is 1. The van der Waals surface area contributed by atoms with Gasteiger partial charge in [0.15, 0.2) is 0 Å². The number of aliphatic hydroxyl groups is 1. The molecule has 204 valence electrons. The molecule has 1 saturated heterocycles. The second kappa shape index (κ2) is 9.92. The third kappa shape index (κ3) is 4.69. The van der Waals surface area contributed by atoms with Gasteiger partial charge in [-0.1, -0.05) is 49.3 Å². The number of aliphatic hydroxyl groups excluding tert-OH is 1. The lowest BCUT2D eigenvalue weighted by Crippen LogP contribution is -2.51. The molecule has 1 fully saturated rings. The maximum absolute atomic E-state index is 13.8. The van der Waals surface area contributed by atoms with Gasteiger partial charge in [-0.3, -0.25) is 14.4 Å². The van der Waals surface area contributed by atoms with Crippen molar-refractivity contribution >= 4 is 17.6 Å². The summed E-state index contributed by atoms with van der Waals surface area (Å²) in [5.74, 6) is -0.395. The van der Waals surface area contributed by atoms with E-state index in [9.17, 15) is 19.5 Å². The third-order valence-electron chi connectivity index (χ3n) is 7.73. The molecule has 0 aliphatic carbocycles. The molecular weight excluding hydrogens is 498 g/mol. The van der Waals surface area contributed by atoms with Crippen molar-refractivity contribution in [2.45, 2.75) is 57.7 Å². The topological polar surface area (TPSA) is 130 Å². The largest absolute Gasteiger partial charge is 0.391 e. The smallest absolute Gasteiger partial charge is 0.277 e. The summed E-state index contributed by atoms with van der Waals surface area (Å²) in [5.41, 5.74) is 1.74. The Morgan fingerprint density at radius 2 is 1.90 bits per heavy atom. The number of nitrogens with one attached hydrogen (secondary N) is 1. The number of carbonyl (C=O) groups excluding carboxylic acids is 2. The molecule has 39 heavy (non-hydrogen) atoms. The Morgan fingerprint density at radius 3 is 2.54 bits per heavy atom. The summed E-state index contributed by atoms with van der Waals surface area (Å²) >= 11 is 0. The highest BCUT2D eigenvalue weighted by atomic mass is 16.5. The van der Waals surface area contributed by atoms with E-state index in [2.05, 4.69) is 15.5 Å². The summed E-state index contributed by atoms with van der Waals surface area (Å²) in [5, 5.41) is 17.8. The summed E-state index contributed by atoms with van der Waals surface area (Å²) in [4.78, 5) is 45.0. The number of amides is 2. The quantitative estimate of drug-likeness (QED) is 0.500. The summed E-state index contributed by atoms with van der Waals surface area (Å²) in [6.07, 6.45) is -0.478. The Bertz CT molecular complexity index is 1500. The van der Waals surface area contributed by atoms with Gasteiger partial charge in [0, 0.05) is 32.1 Å². The van der Waals surface area contributed by atoms with E-state index < -0.39 is 23.6 Å². The van der Waals surface area contributed by atoms with Crippen molar-refractivity contribution in [1.82, 2.24) is 19.9 Å². The number of aliphatic imine (C=N–C) groups is 1. The Morgan fingerprint density at radius 1 is 1.18 bits per heavy atom. The Hall–Kier alpha value is -4.05. The van der Waals surface area contributed by atoms with Gasteiger partial charge in [0.05, 0.1) is 23.5 Å². The minimum absolute atomic E-state index is 0.0729. The number of carbonyl (C=O) groups is 2. The third-order valence-corrected chi connectivity index (χ3v) is 7.73. The van der Waals surface area contributed by atoms with E-state index >= 15 is 0 Å². The number of amidine groups is 1. The molecule has 3 aromatic rings. The number of rotatable bonds is 6. The van der Waals surface area contributed by atoms with E-state index in [-0.39, 0.29) is 36.3 Å². The van der Waals surface area contributed by atoms with Crippen LogP contribution in [0.4, 0.5) is 0 Å². The van der Waals surface area contributed by atoms with Crippen LogP contribution in [0.15, 0.2) is 62.8 Å².